The summed E-state index contributed by atoms with van der Waals surface area (Å²) in [7, 11) is 0. The molecule has 5 nitrogen and oxygen atoms in total. The Morgan fingerprint density at radius 2 is 2.33 bits per heavy atom. The van der Waals surface area contributed by atoms with E-state index in [2.05, 4.69) is 15.1 Å². The molecule has 0 aliphatic heterocycles. The zero-order valence-corrected chi connectivity index (χ0v) is 6.98. The van der Waals surface area contributed by atoms with Crippen molar-refractivity contribution < 1.29 is 5.21 Å². The van der Waals surface area contributed by atoms with Crippen LogP contribution in [0.2, 0.25) is 0 Å². The van der Waals surface area contributed by atoms with E-state index in [1.54, 1.807) is 0 Å². The molecule has 0 unspecified atom stereocenters. The van der Waals surface area contributed by atoms with Crippen LogP contribution in [0.1, 0.15) is 19.5 Å². The summed E-state index contributed by atoms with van der Waals surface area (Å²) in [5.74, 6) is 0. The van der Waals surface area contributed by atoms with Crippen molar-refractivity contribution in [2.24, 2.45) is 5.16 Å². The number of hydrogen-bond acceptors (Lipinski definition) is 4. The first-order valence-electron chi connectivity index (χ1n) is 3.55. The zero-order chi connectivity index (χ0) is 9.40. The minimum atomic E-state index is -0.461. The van der Waals surface area contributed by atoms with Crippen LogP contribution in [0.25, 0.3) is 0 Å². The molecule has 1 aromatic rings. The molecule has 0 fully saturated rings. The van der Waals surface area contributed by atoms with Crippen molar-refractivity contribution in [3.63, 3.8) is 0 Å². The smallest absolute Gasteiger partial charge is 0.345 e. The number of hydrogen-bond donors (Lipinski definition) is 2. The summed E-state index contributed by atoms with van der Waals surface area (Å²) in [4.78, 5) is 16.2. The lowest BCUT2D eigenvalue weighted by Gasteiger charge is -1.86. The molecule has 0 aromatic carbocycles. The molecule has 0 atom stereocenters. The Labute approximate surface area is 69.8 Å². The lowest BCUT2D eigenvalue weighted by atomic mass is 10.4. The van der Waals surface area contributed by atoms with Gasteiger partial charge in [-0.2, -0.15) is 0 Å². The van der Waals surface area contributed by atoms with Crippen molar-refractivity contribution in [3.05, 3.63) is 28.4 Å². The van der Waals surface area contributed by atoms with Gasteiger partial charge in [0.15, 0.2) is 0 Å². The summed E-state index contributed by atoms with van der Waals surface area (Å²) in [6.07, 6.45) is 2.44. The standard InChI is InChI=1S/C5H5N3O2.C2H6/c9-5-6-2-1-4(8-5)3-7-10;1-2/h1-3,10H,(H,6,8,9);1-2H3/b7-3+;. The molecule has 0 radical (unpaired) electrons. The van der Waals surface area contributed by atoms with E-state index in [-0.39, 0.29) is 0 Å². The molecule has 5 heteroatoms. The Balaban J connectivity index is 0.000000561. The van der Waals surface area contributed by atoms with Crippen molar-refractivity contribution in [2.45, 2.75) is 13.8 Å². The number of aromatic nitrogens is 2. The fourth-order valence-corrected chi connectivity index (χ4v) is 0.520. The van der Waals surface area contributed by atoms with Gasteiger partial charge in [0, 0.05) is 6.20 Å². The lowest BCUT2D eigenvalue weighted by molar-refractivity contribution is 0.321. The highest BCUT2D eigenvalue weighted by Crippen LogP contribution is 1.80. The summed E-state index contributed by atoms with van der Waals surface area (Å²) >= 11 is 0. The van der Waals surface area contributed by atoms with E-state index < -0.39 is 5.69 Å². The molecule has 1 aromatic heterocycles. The second-order valence-corrected chi connectivity index (χ2v) is 1.57. The van der Waals surface area contributed by atoms with Crippen molar-refractivity contribution >= 4 is 6.21 Å². The molecule has 0 saturated carbocycles. The van der Waals surface area contributed by atoms with E-state index in [4.69, 9.17) is 5.21 Å². The second kappa shape index (κ2) is 6.09. The molecule has 0 saturated heterocycles. The van der Waals surface area contributed by atoms with Crippen LogP contribution >= 0.6 is 0 Å². The first kappa shape index (κ1) is 10.3. The van der Waals surface area contributed by atoms with Gasteiger partial charge >= 0.3 is 5.69 Å². The highest BCUT2D eigenvalue weighted by molar-refractivity contribution is 5.75. The van der Waals surface area contributed by atoms with Crippen molar-refractivity contribution in [1.29, 1.82) is 0 Å². The normalized spacial score (nSPS) is 9.17. The van der Waals surface area contributed by atoms with Crippen molar-refractivity contribution in [3.8, 4) is 0 Å². The number of aromatic amines is 1. The number of rotatable bonds is 1. The van der Waals surface area contributed by atoms with Gasteiger partial charge in [-0.1, -0.05) is 19.0 Å². The van der Waals surface area contributed by atoms with E-state index in [1.807, 2.05) is 13.8 Å². The van der Waals surface area contributed by atoms with E-state index in [1.165, 1.54) is 12.3 Å². The predicted molar refractivity (Wildman–Crippen MR) is 45.6 cm³/mol. The van der Waals surface area contributed by atoms with Crippen LogP contribution in [0, 0.1) is 0 Å². The molecule has 1 heterocycles. The Morgan fingerprint density at radius 3 is 2.83 bits per heavy atom. The predicted octanol–water partition coefficient (Wildman–Crippen LogP) is 0.604. The fourth-order valence-electron chi connectivity index (χ4n) is 0.520. The average Bonchev–Trinajstić information content (AvgIpc) is 2.09. The maximum atomic E-state index is 10.5. The molecule has 0 aliphatic rings. The van der Waals surface area contributed by atoms with Crippen LogP contribution in [0.4, 0.5) is 0 Å². The third kappa shape index (κ3) is 3.50. The van der Waals surface area contributed by atoms with Gasteiger partial charge in [0.2, 0.25) is 0 Å². The quantitative estimate of drug-likeness (QED) is 0.367. The number of oxime groups is 1. The van der Waals surface area contributed by atoms with Gasteiger partial charge in [0.1, 0.15) is 0 Å². The molecule has 66 valence electrons. The third-order valence-corrected chi connectivity index (χ3v) is 0.894. The van der Waals surface area contributed by atoms with Crippen LogP contribution in [-0.4, -0.2) is 21.4 Å². The minimum Gasteiger partial charge on any atom is -0.411 e. The van der Waals surface area contributed by atoms with Gasteiger partial charge in [-0.25, -0.2) is 9.78 Å². The van der Waals surface area contributed by atoms with Gasteiger partial charge in [-0.05, 0) is 6.07 Å². The van der Waals surface area contributed by atoms with Gasteiger partial charge < -0.3 is 10.2 Å². The van der Waals surface area contributed by atoms with Crippen molar-refractivity contribution in [1.82, 2.24) is 9.97 Å². The molecular formula is C7H11N3O2. The Hall–Kier alpha value is -1.65. The molecule has 0 bridgehead atoms. The van der Waals surface area contributed by atoms with Crippen LogP contribution in [0.15, 0.2) is 22.2 Å². The van der Waals surface area contributed by atoms with Crippen LogP contribution < -0.4 is 5.69 Å². The molecule has 1 rings (SSSR count). The molecule has 12 heavy (non-hydrogen) atoms. The van der Waals surface area contributed by atoms with E-state index in [0.29, 0.717) is 5.69 Å². The molecular weight excluding hydrogens is 158 g/mol. The van der Waals surface area contributed by atoms with Gasteiger partial charge in [0.05, 0.1) is 11.9 Å². The summed E-state index contributed by atoms with van der Waals surface area (Å²) in [5.41, 5.74) is -0.0418. The zero-order valence-electron chi connectivity index (χ0n) is 6.98. The lowest BCUT2D eigenvalue weighted by Crippen LogP contribution is -2.10. The Morgan fingerprint density at radius 1 is 1.67 bits per heavy atom. The second-order valence-electron chi connectivity index (χ2n) is 1.57. The maximum absolute atomic E-state index is 10.5. The SMILES string of the molecule is CC.O=c1nccc(/C=N/O)[nH]1. The third-order valence-electron chi connectivity index (χ3n) is 0.894. The van der Waals surface area contributed by atoms with Gasteiger partial charge in [-0.3, -0.25) is 0 Å². The highest BCUT2D eigenvalue weighted by atomic mass is 16.4. The molecule has 0 amide bonds. The van der Waals surface area contributed by atoms with E-state index in [0.717, 1.165) is 6.21 Å². The largest absolute Gasteiger partial charge is 0.411 e. The van der Waals surface area contributed by atoms with Crippen LogP contribution in [0.5, 0.6) is 0 Å². The summed E-state index contributed by atoms with van der Waals surface area (Å²) in [6, 6.07) is 1.52. The fraction of sp³-hybridized carbons (Fsp3) is 0.286. The topological polar surface area (TPSA) is 78.3 Å². The van der Waals surface area contributed by atoms with Gasteiger partial charge in [-0.15, -0.1) is 0 Å². The first-order chi connectivity index (χ1) is 5.83. The summed E-state index contributed by atoms with van der Waals surface area (Å²) in [6.45, 7) is 4.00. The summed E-state index contributed by atoms with van der Waals surface area (Å²) in [5, 5.41) is 10.8. The monoisotopic (exact) mass is 169 g/mol. The molecule has 0 aliphatic carbocycles. The Kier molecular flexibility index (Phi) is 5.25. The number of nitrogens with zero attached hydrogens (tertiary/aromatic N) is 2. The van der Waals surface area contributed by atoms with E-state index >= 15 is 0 Å². The summed E-state index contributed by atoms with van der Waals surface area (Å²) < 4.78 is 0. The minimum absolute atomic E-state index is 0.419. The maximum Gasteiger partial charge on any atom is 0.345 e. The first-order valence-corrected chi connectivity index (χ1v) is 3.55. The average molecular weight is 169 g/mol. The van der Waals surface area contributed by atoms with Crippen LogP contribution in [-0.2, 0) is 0 Å². The van der Waals surface area contributed by atoms with Gasteiger partial charge in [0.25, 0.3) is 0 Å². The number of nitrogens with one attached hydrogen (secondary N) is 1. The van der Waals surface area contributed by atoms with Crippen LogP contribution in [0.3, 0.4) is 0 Å². The Bertz CT molecular complexity index is 293. The molecule has 2 N–H and O–H groups in total. The highest BCUT2D eigenvalue weighted by Gasteiger charge is 1.86. The van der Waals surface area contributed by atoms with Crippen molar-refractivity contribution in [2.75, 3.05) is 0 Å². The number of H-pyrrole nitrogens is 1. The molecule has 0 spiro atoms. The van der Waals surface area contributed by atoms with E-state index in [9.17, 15) is 4.79 Å².